The minimum Gasteiger partial charge on any atom is -0.682 e. The van der Waals surface area contributed by atoms with Gasteiger partial charge in [0.25, 0.3) is 0 Å². The molecule has 0 heterocycles. The molecule has 33 heavy (non-hydrogen) atoms. The molecule has 0 aliphatic rings. The molecule has 0 aliphatic carbocycles. The number of rotatable bonds is 8. The fourth-order valence-corrected chi connectivity index (χ4v) is 11.7. The molecule has 0 fully saturated rings. The van der Waals surface area contributed by atoms with E-state index in [1.165, 1.54) is 11.1 Å². The molecular formula is C27H43N3Si2Zn. The Morgan fingerprint density at radius 3 is 1.58 bits per heavy atom. The Balaban J connectivity index is 0.000000875. The zero-order chi connectivity index (χ0) is 24.4. The first-order valence-electron chi connectivity index (χ1n) is 11.5. The first-order chi connectivity index (χ1) is 14.8. The van der Waals surface area contributed by atoms with Crippen LogP contribution in [-0.4, -0.2) is 22.2 Å². The van der Waals surface area contributed by atoms with Crippen LogP contribution in [0.3, 0.4) is 0 Å². The Hall–Kier alpha value is -1.33. The second-order valence-electron chi connectivity index (χ2n) is 10.3. The number of hydrogen-bond acceptors (Lipinski definition) is 1. The zero-order valence-corrected chi connectivity index (χ0v) is 27.5. The van der Waals surface area contributed by atoms with Crippen LogP contribution in [0.5, 0.6) is 0 Å². The normalized spacial score (nSPS) is 14.4. The third-order valence-corrected chi connectivity index (χ3v) is 9.81. The Morgan fingerprint density at radius 1 is 0.758 bits per heavy atom. The smallest absolute Gasteiger partial charge is 0.682 e. The second-order valence-corrected chi connectivity index (χ2v) is 19.9. The largest absolute Gasteiger partial charge is 2.00 e. The third kappa shape index (κ3) is 15.2. The first kappa shape index (κ1) is 31.7. The van der Waals surface area contributed by atoms with Gasteiger partial charge >= 0.3 is 19.5 Å². The minimum atomic E-state index is -1.11. The van der Waals surface area contributed by atoms with Crippen molar-refractivity contribution in [1.82, 2.24) is 0 Å². The summed E-state index contributed by atoms with van der Waals surface area (Å²) in [5.41, 5.74) is 4.46. The summed E-state index contributed by atoms with van der Waals surface area (Å²) >= 11 is 0. The van der Waals surface area contributed by atoms with Gasteiger partial charge in [0.05, 0.1) is 6.04 Å². The van der Waals surface area contributed by atoms with Crippen LogP contribution in [0.2, 0.25) is 39.3 Å². The molecule has 6 heteroatoms. The molecule has 3 nitrogen and oxygen atoms in total. The SMILES string of the molecule is CC(/C=C(/C)[N-]C(C)c1ccccc1)=NC(C)c1ccccc1.C[Si](C)(C)[N-][Si](C)(C)C.[Zn+2]. The summed E-state index contributed by atoms with van der Waals surface area (Å²) in [6.45, 7) is 22.1. The summed E-state index contributed by atoms with van der Waals surface area (Å²) < 4.78 is 4.82. The van der Waals surface area contributed by atoms with E-state index in [1.54, 1.807) is 0 Å². The maximum absolute atomic E-state index is 4.82. The van der Waals surface area contributed by atoms with Crippen molar-refractivity contribution in [3.05, 3.63) is 93.5 Å². The standard InChI is InChI=1S/C21H25N2.C6H18NSi2.Zn/c1-16(22-18(3)20-11-7-5-8-12-20)15-17(2)23-19(4)21-13-9-6-10-14-21;1-8(2,3)7-9(4,5)6;/h5-15,18-19H,1-4H3;1-6H3;/q2*-1;+2/b16-15-,23-17?;;. The number of hydrogen-bond donors (Lipinski definition) is 0. The molecule has 0 N–H and O–H groups in total. The third-order valence-electron chi connectivity index (χ3n) is 4.45. The molecule has 0 aromatic heterocycles. The predicted molar refractivity (Wildman–Crippen MR) is 150 cm³/mol. The summed E-state index contributed by atoms with van der Waals surface area (Å²) in [6, 6.07) is 21.0. The summed E-state index contributed by atoms with van der Waals surface area (Å²) in [4.78, 5) is 4.75. The Labute approximate surface area is 218 Å². The molecule has 2 aromatic carbocycles. The van der Waals surface area contributed by atoms with E-state index >= 15 is 0 Å². The van der Waals surface area contributed by atoms with Gasteiger partial charge in [-0.25, -0.2) is 0 Å². The molecule has 0 saturated heterocycles. The van der Waals surface area contributed by atoms with Crippen LogP contribution in [0, 0.1) is 0 Å². The maximum atomic E-state index is 4.82. The van der Waals surface area contributed by atoms with Gasteiger partial charge < -0.3 is 9.96 Å². The van der Waals surface area contributed by atoms with Crippen molar-refractivity contribution in [2.24, 2.45) is 4.99 Å². The van der Waals surface area contributed by atoms with Gasteiger partial charge in [0, 0.05) is 5.71 Å². The quantitative estimate of drug-likeness (QED) is 0.241. The molecule has 176 valence electrons. The maximum Gasteiger partial charge on any atom is 2.00 e. The van der Waals surface area contributed by atoms with Gasteiger partial charge in [0.2, 0.25) is 0 Å². The Kier molecular flexibility index (Phi) is 14.2. The average molecular weight is 531 g/mol. The molecule has 2 atom stereocenters. The van der Waals surface area contributed by atoms with E-state index in [1.807, 2.05) is 26.0 Å². The molecule has 0 radical (unpaired) electrons. The average Bonchev–Trinajstić information content (AvgIpc) is 2.66. The van der Waals surface area contributed by atoms with Gasteiger partial charge in [0.1, 0.15) is 0 Å². The van der Waals surface area contributed by atoms with E-state index in [4.69, 9.17) is 15.0 Å². The van der Waals surface area contributed by atoms with Crippen molar-refractivity contribution < 1.29 is 19.5 Å². The zero-order valence-electron chi connectivity index (χ0n) is 22.6. The van der Waals surface area contributed by atoms with Crippen LogP contribution >= 0.6 is 0 Å². The summed E-state index contributed by atoms with van der Waals surface area (Å²) in [5, 5.41) is 4.75. The molecule has 0 bridgehead atoms. The van der Waals surface area contributed by atoms with Crippen molar-refractivity contribution in [3.8, 4) is 0 Å². The number of benzene rings is 2. The van der Waals surface area contributed by atoms with E-state index in [0.29, 0.717) is 0 Å². The fourth-order valence-electron chi connectivity index (χ4n) is 3.61. The van der Waals surface area contributed by atoms with E-state index < -0.39 is 16.5 Å². The van der Waals surface area contributed by atoms with Gasteiger partial charge in [0.15, 0.2) is 0 Å². The monoisotopic (exact) mass is 529 g/mol. The molecule has 0 amide bonds. The van der Waals surface area contributed by atoms with Gasteiger partial charge in [-0.05, 0) is 19.4 Å². The van der Waals surface area contributed by atoms with E-state index in [2.05, 4.69) is 108 Å². The molecule has 0 aliphatic heterocycles. The number of allylic oxidation sites excluding steroid dienone is 2. The fraction of sp³-hybridized carbons (Fsp3) is 0.444. The molecule has 2 aromatic rings. The van der Waals surface area contributed by atoms with Crippen LogP contribution in [0.1, 0.15) is 50.9 Å². The van der Waals surface area contributed by atoms with Gasteiger partial charge in [-0.15, -0.1) is 0 Å². The molecule has 2 rings (SSSR count). The molecule has 2 unspecified atom stereocenters. The Morgan fingerprint density at radius 2 is 1.18 bits per heavy atom. The summed E-state index contributed by atoms with van der Waals surface area (Å²) in [7, 11) is -2.21. The van der Waals surface area contributed by atoms with Gasteiger partial charge in [-0.1, -0.05) is 148 Å². The molecule has 0 saturated carbocycles. The Bertz CT molecular complexity index is 842. The van der Waals surface area contributed by atoms with E-state index in [0.717, 1.165) is 11.4 Å². The van der Waals surface area contributed by atoms with Crippen LogP contribution < -0.4 is 0 Å². The van der Waals surface area contributed by atoms with Crippen molar-refractivity contribution in [2.75, 3.05) is 0 Å². The van der Waals surface area contributed by atoms with Crippen molar-refractivity contribution in [1.29, 1.82) is 0 Å². The summed E-state index contributed by atoms with van der Waals surface area (Å²) in [5.74, 6) is 0. The summed E-state index contributed by atoms with van der Waals surface area (Å²) in [6.07, 6.45) is 2.05. The van der Waals surface area contributed by atoms with E-state index in [9.17, 15) is 0 Å². The van der Waals surface area contributed by atoms with Crippen molar-refractivity contribution in [3.63, 3.8) is 0 Å². The van der Waals surface area contributed by atoms with Crippen molar-refractivity contribution >= 4 is 22.2 Å². The second kappa shape index (κ2) is 14.8. The van der Waals surface area contributed by atoms with Crippen LogP contribution in [0.15, 0.2) is 77.4 Å². The predicted octanol–water partition coefficient (Wildman–Crippen LogP) is 9.27. The van der Waals surface area contributed by atoms with Gasteiger partial charge in [-0.2, -0.15) is 5.70 Å². The van der Waals surface area contributed by atoms with Crippen LogP contribution in [0.4, 0.5) is 0 Å². The topological polar surface area (TPSA) is 40.6 Å². The molecule has 0 spiro atoms. The first-order valence-corrected chi connectivity index (χ1v) is 18.4. The van der Waals surface area contributed by atoms with Crippen LogP contribution in [-0.2, 0) is 19.5 Å². The van der Waals surface area contributed by atoms with Crippen molar-refractivity contribution in [2.45, 2.75) is 79.1 Å². The van der Waals surface area contributed by atoms with Crippen LogP contribution in [0.25, 0.3) is 9.96 Å². The number of aliphatic imine (C=N–C) groups is 1. The number of nitrogens with zero attached hydrogens (tertiary/aromatic N) is 3. The van der Waals surface area contributed by atoms with Gasteiger partial charge in [-0.3, -0.25) is 4.99 Å². The minimum absolute atomic E-state index is 0. The van der Waals surface area contributed by atoms with E-state index in [-0.39, 0.29) is 31.6 Å². The molecular weight excluding hydrogens is 488 g/mol.